The average Bonchev–Trinajstić information content (AvgIpc) is 2.64. The maximum Gasteiger partial charge on any atom is 0.0454 e. The molecule has 15 heavy (non-hydrogen) atoms. The lowest BCUT2D eigenvalue weighted by atomic mass is 10.1. The van der Waals surface area contributed by atoms with Gasteiger partial charge in [0.2, 0.25) is 0 Å². The summed E-state index contributed by atoms with van der Waals surface area (Å²) in [5.41, 5.74) is 2.42. The van der Waals surface area contributed by atoms with Crippen LogP contribution < -0.4 is 5.32 Å². The van der Waals surface area contributed by atoms with E-state index in [1.807, 2.05) is 6.20 Å². The molecule has 0 aliphatic heterocycles. The molecule has 2 nitrogen and oxygen atoms in total. The number of H-pyrrole nitrogens is 1. The Morgan fingerprint density at radius 2 is 2.27 bits per heavy atom. The van der Waals surface area contributed by atoms with Gasteiger partial charge in [-0.25, -0.2) is 0 Å². The zero-order chi connectivity index (χ0) is 10.7. The standard InChI is InChI=1S/C12H13ClN2/c1-9(13)7-14-8-10-2-3-12-11(6-10)4-5-15-12/h2-6,14-15H,1,7-8H2. The number of rotatable bonds is 4. The number of hydrogen-bond acceptors (Lipinski definition) is 1. The number of halogens is 1. The highest BCUT2D eigenvalue weighted by Gasteiger charge is 1.97. The number of aromatic nitrogens is 1. The second-order valence-corrected chi connectivity index (χ2v) is 4.05. The van der Waals surface area contributed by atoms with Crippen LogP contribution in [0.3, 0.4) is 0 Å². The molecule has 0 amide bonds. The summed E-state index contributed by atoms with van der Waals surface area (Å²) in [6.07, 6.45) is 1.95. The summed E-state index contributed by atoms with van der Waals surface area (Å²) in [5.74, 6) is 0. The largest absolute Gasteiger partial charge is 0.361 e. The lowest BCUT2D eigenvalue weighted by molar-refractivity contribution is 0.756. The molecular weight excluding hydrogens is 208 g/mol. The van der Waals surface area contributed by atoms with E-state index in [-0.39, 0.29) is 0 Å². The van der Waals surface area contributed by atoms with Gasteiger partial charge in [0.05, 0.1) is 0 Å². The van der Waals surface area contributed by atoms with E-state index in [4.69, 9.17) is 11.6 Å². The first-order valence-corrected chi connectivity index (χ1v) is 5.23. The van der Waals surface area contributed by atoms with E-state index >= 15 is 0 Å². The molecule has 0 aliphatic rings. The van der Waals surface area contributed by atoms with E-state index in [0.717, 1.165) is 6.54 Å². The van der Waals surface area contributed by atoms with Crippen LogP contribution in [0, 0.1) is 0 Å². The molecular formula is C12H13ClN2. The minimum absolute atomic E-state index is 0.637. The van der Waals surface area contributed by atoms with Gasteiger partial charge in [-0.1, -0.05) is 24.2 Å². The van der Waals surface area contributed by atoms with Gasteiger partial charge < -0.3 is 10.3 Å². The SMILES string of the molecule is C=C(Cl)CNCc1ccc2[nH]ccc2c1. The molecule has 0 bridgehead atoms. The van der Waals surface area contributed by atoms with Gasteiger partial charge in [-0.3, -0.25) is 0 Å². The quantitative estimate of drug-likeness (QED) is 0.815. The lowest BCUT2D eigenvalue weighted by Gasteiger charge is -2.03. The van der Waals surface area contributed by atoms with Crippen molar-refractivity contribution in [2.75, 3.05) is 6.54 Å². The minimum atomic E-state index is 0.637. The molecule has 2 rings (SSSR count). The second-order valence-electron chi connectivity index (χ2n) is 3.52. The highest BCUT2D eigenvalue weighted by molar-refractivity contribution is 6.29. The zero-order valence-electron chi connectivity index (χ0n) is 8.39. The van der Waals surface area contributed by atoms with Crippen LogP contribution in [0.2, 0.25) is 0 Å². The first-order chi connectivity index (χ1) is 7.25. The predicted molar refractivity (Wildman–Crippen MR) is 65.0 cm³/mol. The lowest BCUT2D eigenvalue weighted by Crippen LogP contribution is -2.14. The summed E-state index contributed by atoms with van der Waals surface area (Å²) in [5, 5.41) is 5.09. The third-order valence-corrected chi connectivity index (χ3v) is 2.40. The molecule has 0 saturated heterocycles. The van der Waals surface area contributed by atoms with Crippen molar-refractivity contribution in [1.29, 1.82) is 0 Å². The average molecular weight is 221 g/mol. The number of nitrogens with one attached hydrogen (secondary N) is 2. The van der Waals surface area contributed by atoms with E-state index in [1.165, 1.54) is 16.5 Å². The molecule has 3 heteroatoms. The van der Waals surface area contributed by atoms with Crippen LogP contribution in [0.15, 0.2) is 42.1 Å². The Labute approximate surface area is 93.9 Å². The van der Waals surface area contributed by atoms with Gasteiger partial charge in [0.25, 0.3) is 0 Å². The molecule has 0 atom stereocenters. The number of aromatic amines is 1. The van der Waals surface area contributed by atoms with Crippen molar-refractivity contribution in [2.45, 2.75) is 6.54 Å². The van der Waals surface area contributed by atoms with Gasteiger partial charge in [-0.05, 0) is 29.1 Å². The molecule has 1 aromatic carbocycles. The summed E-state index contributed by atoms with van der Waals surface area (Å²) >= 11 is 5.66. The zero-order valence-corrected chi connectivity index (χ0v) is 9.14. The maximum absolute atomic E-state index is 5.66. The van der Waals surface area contributed by atoms with Crippen molar-refractivity contribution in [2.24, 2.45) is 0 Å². The van der Waals surface area contributed by atoms with Crippen molar-refractivity contribution in [3.05, 3.63) is 47.6 Å². The van der Waals surface area contributed by atoms with Crippen molar-refractivity contribution in [1.82, 2.24) is 10.3 Å². The molecule has 0 unspecified atom stereocenters. The van der Waals surface area contributed by atoms with E-state index in [2.05, 4.69) is 41.1 Å². The highest BCUT2D eigenvalue weighted by atomic mass is 35.5. The molecule has 0 aliphatic carbocycles. The Balaban J connectivity index is 2.04. The fraction of sp³-hybridized carbons (Fsp3) is 0.167. The summed E-state index contributed by atoms with van der Waals surface area (Å²) in [7, 11) is 0. The van der Waals surface area contributed by atoms with Crippen molar-refractivity contribution in [3.63, 3.8) is 0 Å². The Morgan fingerprint density at radius 3 is 3.07 bits per heavy atom. The molecule has 0 radical (unpaired) electrons. The normalized spacial score (nSPS) is 10.7. The molecule has 0 fully saturated rings. The number of fused-ring (bicyclic) bond motifs is 1. The predicted octanol–water partition coefficient (Wildman–Crippen LogP) is 3.01. The topological polar surface area (TPSA) is 27.8 Å². The van der Waals surface area contributed by atoms with Crippen LogP contribution in [0.4, 0.5) is 0 Å². The van der Waals surface area contributed by atoms with E-state index in [9.17, 15) is 0 Å². The minimum Gasteiger partial charge on any atom is -0.361 e. The van der Waals surface area contributed by atoms with Crippen LogP contribution in [0.25, 0.3) is 10.9 Å². The molecule has 2 aromatic rings. The van der Waals surface area contributed by atoms with Crippen LogP contribution in [0.1, 0.15) is 5.56 Å². The van der Waals surface area contributed by atoms with E-state index in [0.29, 0.717) is 11.6 Å². The third-order valence-electron chi connectivity index (χ3n) is 2.26. The van der Waals surface area contributed by atoms with Crippen LogP contribution >= 0.6 is 11.6 Å². The van der Waals surface area contributed by atoms with E-state index in [1.54, 1.807) is 0 Å². The molecule has 1 heterocycles. The van der Waals surface area contributed by atoms with Gasteiger partial charge in [0.15, 0.2) is 0 Å². The Morgan fingerprint density at radius 1 is 1.40 bits per heavy atom. The molecule has 1 aromatic heterocycles. The molecule has 78 valence electrons. The van der Waals surface area contributed by atoms with Gasteiger partial charge in [-0.2, -0.15) is 0 Å². The number of hydrogen-bond donors (Lipinski definition) is 2. The van der Waals surface area contributed by atoms with Gasteiger partial charge >= 0.3 is 0 Å². The van der Waals surface area contributed by atoms with Crippen LogP contribution in [0.5, 0.6) is 0 Å². The smallest absolute Gasteiger partial charge is 0.0454 e. The monoisotopic (exact) mass is 220 g/mol. The summed E-state index contributed by atoms with van der Waals surface area (Å²) in [6, 6.07) is 8.42. The molecule has 0 spiro atoms. The van der Waals surface area contributed by atoms with Crippen molar-refractivity contribution >= 4 is 22.5 Å². The summed E-state index contributed by atoms with van der Waals surface area (Å²) in [6.45, 7) is 5.08. The van der Waals surface area contributed by atoms with E-state index < -0.39 is 0 Å². The molecule has 2 N–H and O–H groups in total. The Kier molecular flexibility index (Phi) is 3.09. The Hall–Kier alpha value is -1.25. The molecule has 0 saturated carbocycles. The first-order valence-electron chi connectivity index (χ1n) is 4.86. The fourth-order valence-electron chi connectivity index (χ4n) is 1.56. The van der Waals surface area contributed by atoms with Gasteiger partial charge in [0.1, 0.15) is 0 Å². The fourth-order valence-corrected chi connectivity index (χ4v) is 1.65. The summed E-state index contributed by atoms with van der Waals surface area (Å²) in [4.78, 5) is 3.17. The number of benzene rings is 1. The maximum atomic E-state index is 5.66. The Bertz CT molecular complexity index is 473. The van der Waals surface area contributed by atoms with Crippen LogP contribution in [-0.2, 0) is 6.54 Å². The van der Waals surface area contributed by atoms with Crippen molar-refractivity contribution in [3.8, 4) is 0 Å². The van der Waals surface area contributed by atoms with Crippen LogP contribution in [-0.4, -0.2) is 11.5 Å². The van der Waals surface area contributed by atoms with Gasteiger partial charge in [0, 0.05) is 29.8 Å². The van der Waals surface area contributed by atoms with Crippen molar-refractivity contribution < 1.29 is 0 Å². The summed E-state index contributed by atoms with van der Waals surface area (Å²) < 4.78 is 0. The first kappa shape index (κ1) is 10.3. The second kappa shape index (κ2) is 4.51. The highest BCUT2D eigenvalue weighted by Crippen LogP contribution is 2.14. The van der Waals surface area contributed by atoms with Gasteiger partial charge in [-0.15, -0.1) is 0 Å². The third kappa shape index (κ3) is 2.61.